The fourth-order valence-corrected chi connectivity index (χ4v) is 7.40. The smallest absolute Gasteiger partial charge is 0.248 e. The maximum atomic E-state index is 13.1. The molecule has 29 heavy (non-hydrogen) atoms. The normalized spacial score (nSPS) is 22.6. The summed E-state index contributed by atoms with van der Waals surface area (Å²) < 4.78 is 59.2. The van der Waals surface area contributed by atoms with Crippen LogP contribution in [0.15, 0.2) is 9.42 Å². The van der Waals surface area contributed by atoms with Gasteiger partial charge in [0.25, 0.3) is 0 Å². The van der Waals surface area contributed by atoms with Crippen LogP contribution >= 0.6 is 0 Å². The van der Waals surface area contributed by atoms with Gasteiger partial charge in [-0.2, -0.15) is 8.61 Å². The average Bonchev–Trinajstić information content (AvgIpc) is 3.27. The van der Waals surface area contributed by atoms with Gasteiger partial charge in [0, 0.05) is 25.7 Å². The van der Waals surface area contributed by atoms with Crippen molar-refractivity contribution in [2.45, 2.75) is 56.9 Å². The van der Waals surface area contributed by atoms with Gasteiger partial charge in [-0.3, -0.25) is 0 Å². The molecule has 0 radical (unpaired) electrons. The number of sulfonamides is 2. The molecule has 0 N–H and O–H groups in total. The molecule has 0 spiro atoms. The number of hydrogen-bond acceptors (Lipinski definition) is 7. The van der Waals surface area contributed by atoms with E-state index in [1.807, 2.05) is 0 Å². The van der Waals surface area contributed by atoms with Crippen LogP contribution in [0.3, 0.4) is 0 Å². The van der Waals surface area contributed by atoms with E-state index < -0.39 is 20.0 Å². The van der Waals surface area contributed by atoms with Crippen LogP contribution in [0.25, 0.3) is 0 Å². The highest BCUT2D eigenvalue weighted by Crippen LogP contribution is 2.28. The van der Waals surface area contributed by atoms with E-state index in [4.69, 9.17) is 4.52 Å². The van der Waals surface area contributed by atoms with Gasteiger partial charge < -0.3 is 9.42 Å². The third-order valence-electron chi connectivity index (χ3n) is 5.81. The number of piperidine rings is 1. The summed E-state index contributed by atoms with van der Waals surface area (Å²) in [7, 11) is -7.22. The molecule has 11 heteroatoms. The molecule has 0 aromatic carbocycles. The predicted octanol–water partition coefficient (Wildman–Crippen LogP) is 1.19. The Labute approximate surface area is 174 Å². The standard InChI is InChI=1S/C18H32N4O5S2/c1-15-18(16(2)27-19-15)29(25,26)21-12-6-8-17(14-21)22(28(3,23)24)13-7-11-20-9-4-5-10-20/h17H,4-14H2,1-3H3. The molecule has 0 saturated carbocycles. The minimum absolute atomic E-state index is 0.0955. The van der Waals surface area contributed by atoms with Crippen LogP contribution in [-0.4, -0.2) is 87.1 Å². The first-order valence-electron chi connectivity index (χ1n) is 10.2. The van der Waals surface area contributed by atoms with Crippen LogP contribution in [0.1, 0.15) is 43.6 Å². The second-order valence-electron chi connectivity index (χ2n) is 8.09. The van der Waals surface area contributed by atoms with Gasteiger partial charge in [0.1, 0.15) is 10.6 Å². The summed E-state index contributed by atoms with van der Waals surface area (Å²) in [6.07, 6.45) is 5.64. The van der Waals surface area contributed by atoms with Gasteiger partial charge in [-0.25, -0.2) is 16.8 Å². The Hall–Kier alpha value is -1.01. The molecule has 3 rings (SSSR count). The summed E-state index contributed by atoms with van der Waals surface area (Å²) >= 11 is 0. The van der Waals surface area contributed by atoms with Crippen molar-refractivity contribution < 1.29 is 21.4 Å². The zero-order valence-corrected chi connectivity index (χ0v) is 19.1. The molecule has 2 fully saturated rings. The maximum absolute atomic E-state index is 13.1. The number of aryl methyl sites for hydroxylation is 2. The van der Waals surface area contributed by atoms with Crippen LogP contribution < -0.4 is 0 Å². The molecule has 1 atom stereocenters. The molecule has 2 saturated heterocycles. The lowest BCUT2D eigenvalue weighted by Gasteiger charge is -2.37. The van der Waals surface area contributed by atoms with Crippen molar-refractivity contribution in [1.29, 1.82) is 0 Å². The van der Waals surface area contributed by atoms with E-state index in [2.05, 4.69) is 10.1 Å². The molecule has 1 aromatic heterocycles. The summed E-state index contributed by atoms with van der Waals surface area (Å²) in [6, 6.07) is -0.354. The summed E-state index contributed by atoms with van der Waals surface area (Å²) in [5.74, 6) is 0.259. The fraction of sp³-hybridized carbons (Fsp3) is 0.833. The Morgan fingerprint density at radius 3 is 2.38 bits per heavy atom. The summed E-state index contributed by atoms with van der Waals surface area (Å²) in [4.78, 5) is 2.45. The lowest BCUT2D eigenvalue weighted by atomic mass is 10.1. The Balaban J connectivity index is 1.72. The highest BCUT2D eigenvalue weighted by atomic mass is 32.2. The van der Waals surface area contributed by atoms with Crippen molar-refractivity contribution in [1.82, 2.24) is 18.7 Å². The van der Waals surface area contributed by atoms with Gasteiger partial charge in [0.15, 0.2) is 5.76 Å². The molecule has 166 valence electrons. The van der Waals surface area contributed by atoms with Gasteiger partial charge in [0.05, 0.1) is 6.26 Å². The Morgan fingerprint density at radius 2 is 1.79 bits per heavy atom. The molecular formula is C18H32N4O5S2. The second kappa shape index (κ2) is 9.01. The van der Waals surface area contributed by atoms with Crippen molar-refractivity contribution in [2.75, 3.05) is 45.5 Å². The predicted molar refractivity (Wildman–Crippen MR) is 110 cm³/mol. The Bertz CT molecular complexity index is 887. The Kier molecular flexibility index (Phi) is 7.04. The van der Waals surface area contributed by atoms with Crippen LogP contribution in [0, 0.1) is 13.8 Å². The third kappa shape index (κ3) is 5.19. The first-order valence-corrected chi connectivity index (χ1v) is 13.5. The molecular weight excluding hydrogens is 416 g/mol. The number of likely N-dealkylation sites (tertiary alicyclic amines) is 1. The largest absolute Gasteiger partial charge is 0.360 e. The lowest BCUT2D eigenvalue weighted by Crippen LogP contribution is -2.51. The third-order valence-corrected chi connectivity index (χ3v) is 9.25. The lowest BCUT2D eigenvalue weighted by molar-refractivity contribution is 0.203. The SMILES string of the molecule is Cc1noc(C)c1S(=O)(=O)N1CCCC(N(CCCN2CCCC2)S(C)(=O)=O)C1. The summed E-state index contributed by atoms with van der Waals surface area (Å²) in [6.45, 7) is 7.15. The molecule has 1 aromatic rings. The van der Waals surface area contributed by atoms with E-state index in [9.17, 15) is 16.8 Å². The molecule has 3 heterocycles. The van der Waals surface area contributed by atoms with Crippen molar-refractivity contribution in [3.63, 3.8) is 0 Å². The molecule has 0 aliphatic carbocycles. The molecule has 0 bridgehead atoms. The van der Waals surface area contributed by atoms with Crippen molar-refractivity contribution in [3.8, 4) is 0 Å². The van der Waals surface area contributed by atoms with Crippen LogP contribution in [0.2, 0.25) is 0 Å². The number of hydrogen-bond donors (Lipinski definition) is 0. The molecule has 2 aliphatic heterocycles. The second-order valence-corrected chi connectivity index (χ2v) is 11.9. The fourth-order valence-electron chi connectivity index (χ4n) is 4.42. The monoisotopic (exact) mass is 448 g/mol. The van der Waals surface area contributed by atoms with Gasteiger partial charge >= 0.3 is 0 Å². The summed E-state index contributed by atoms with van der Waals surface area (Å²) in [5.41, 5.74) is 0.329. The summed E-state index contributed by atoms with van der Waals surface area (Å²) in [5, 5.41) is 3.76. The molecule has 2 aliphatic rings. The average molecular weight is 449 g/mol. The van der Waals surface area contributed by atoms with Gasteiger partial charge in [0.2, 0.25) is 20.0 Å². The van der Waals surface area contributed by atoms with E-state index in [0.717, 1.165) is 26.1 Å². The first-order chi connectivity index (χ1) is 13.6. The minimum Gasteiger partial charge on any atom is -0.360 e. The zero-order valence-electron chi connectivity index (χ0n) is 17.5. The highest BCUT2D eigenvalue weighted by Gasteiger charge is 2.38. The van der Waals surface area contributed by atoms with Crippen molar-refractivity contribution in [2.24, 2.45) is 0 Å². The maximum Gasteiger partial charge on any atom is 0.248 e. The quantitative estimate of drug-likeness (QED) is 0.588. The Morgan fingerprint density at radius 1 is 1.10 bits per heavy atom. The first kappa shape index (κ1) is 22.7. The topological polar surface area (TPSA) is 104 Å². The highest BCUT2D eigenvalue weighted by molar-refractivity contribution is 7.89. The van der Waals surface area contributed by atoms with Crippen LogP contribution in [-0.2, 0) is 20.0 Å². The number of nitrogens with zero attached hydrogens (tertiary/aromatic N) is 4. The van der Waals surface area contributed by atoms with E-state index >= 15 is 0 Å². The van der Waals surface area contributed by atoms with E-state index in [1.165, 1.54) is 27.7 Å². The molecule has 1 unspecified atom stereocenters. The minimum atomic E-state index is -3.78. The van der Waals surface area contributed by atoms with Gasteiger partial charge in [-0.1, -0.05) is 5.16 Å². The number of rotatable bonds is 8. The molecule has 9 nitrogen and oxygen atoms in total. The van der Waals surface area contributed by atoms with Crippen LogP contribution in [0.4, 0.5) is 0 Å². The molecule has 0 amide bonds. The van der Waals surface area contributed by atoms with Gasteiger partial charge in [-0.05, 0) is 65.6 Å². The van der Waals surface area contributed by atoms with Gasteiger partial charge in [-0.15, -0.1) is 0 Å². The van der Waals surface area contributed by atoms with Crippen molar-refractivity contribution in [3.05, 3.63) is 11.5 Å². The van der Waals surface area contributed by atoms with Crippen LogP contribution in [0.5, 0.6) is 0 Å². The van der Waals surface area contributed by atoms with E-state index in [-0.39, 0.29) is 23.2 Å². The van der Waals surface area contributed by atoms with E-state index in [0.29, 0.717) is 31.6 Å². The zero-order chi connectivity index (χ0) is 21.2. The van der Waals surface area contributed by atoms with E-state index in [1.54, 1.807) is 13.8 Å². The van der Waals surface area contributed by atoms with Crippen molar-refractivity contribution >= 4 is 20.0 Å². The number of aromatic nitrogens is 1.